The Balaban J connectivity index is 2.59. The first-order valence-corrected chi connectivity index (χ1v) is 6.59. The van der Waals surface area contributed by atoms with Gasteiger partial charge in [0.15, 0.2) is 5.82 Å². The van der Waals surface area contributed by atoms with Crippen molar-refractivity contribution in [2.24, 2.45) is 11.8 Å². The number of H-pyrrole nitrogens is 1. The zero-order chi connectivity index (χ0) is 14.9. The van der Waals surface area contributed by atoms with E-state index in [9.17, 15) is 9.59 Å². The molecule has 0 spiro atoms. The second-order valence-electron chi connectivity index (χ2n) is 5.25. The van der Waals surface area contributed by atoms with Crippen molar-refractivity contribution in [3.8, 4) is 0 Å². The van der Waals surface area contributed by atoms with E-state index < -0.39 is 0 Å². The number of aromatic amines is 1. The highest BCUT2D eigenvalue weighted by atomic mass is 16.2. The van der Waals surface area contributed by atoms with Gasteiger partial charge < -0.3 is 4.98 Å². The Morgan fingerprint density at radius 2 is 1.70 bits per heavy atom. The van der Waals surface area contributed by atoms with Gasteiger partial charge in [0.1, 0.15) is 5.52 Å². The van der Waals surface area contributed by atoms with Crippen LogP contribution >= 0.6 is 0 Å². The summed E-state index contributed by atoms with van der Waals surface area (Å²) in [5.74, 6) is -0.845. The molecular weight excluding hydrogens is 256 g/mol. The van der Waals surface area contributed by atoms with E-state index in [2.05, 4.69) is 15.0 Å². The quantitative estimate of drug-likeness (QED) is 0.929. The van der Waals surface area contributed by atoms with Crippen LogP contribution in [0, 0.1) is 11.8 Å². The van der Waals surface area contributed by atoms with Crippen molar-refractivity contribution in [3.05, 3.63) is 18.6 Å². The largest absolute Gasteiger partial charge is 0.344 e. The zero-order valence-electron chi connectivity index (χ0n) is 12.0. The van der Waals surface area contributed by atoms with Gasteiger partial charge in [0.25, 0.3) is 0 Å². The lowest BCUT2D eigenvalue weighted by atomic mass is 10.1. The average Bonchev–Trinajstić information content (AvgIpc) is 2.87. The normalized spacial score (nSPS) is 11.3. The topological polar surface area (TPSA) is 79.0 Å². The molecule has 0 bridgehead atoms. The van der Waals surface area contributed by atoms with Gasteiger partial charge in [0, 0.05) is 18.0 Å². The van der Waals surface area contributed by atoms with E-state index in [-0.39, 0.29) is 23.7 Å². The van der Waals surface area contributed by atoms with Gasteiger partial charge in [-0.25, -0.2) is 14.9 Å². The number of anilines is 1. The van der Waals surface area contributed by atoms with Crippen molar-refractivity contribution in [2.45, 2.75) is 27.7 Å². The summed E-state index contributed by atoms with van der Waals surface area (Å²) >= 11 is 0. The number of fused-ring (bicyclic) bond motifs is 1. The zero-order valence-corrected chi connectivity index (χ0v) is 12.0. The number of carbonyl (C=O) groups is 2. The lowest BCUT2D eigenvalue weighted by Crippen LogP contribution is -2.42. The molecule has 106 valence electrons. The number of rotatable bonds is 3. The van der Waals surface area contributed by atoms with Gasteiger partial charge in [-0.15, -0.1) is 0 Å². The molecule has 0 aliphatic carbocycles. The lowest BCUT2D eigenvalue weighted by Gasteiger charge is -2.23. The van der Waals surface area contributed by atoms with Crippen LogP contribution in [0.4, 0.5) is 5.82 Å². The number of nitrogens with one attached hydrogen (secondary N) is 1. The summed E-state index contributed by atoms with van der Waals surface area (Å²) in [4.78, 5) is 37.2. The molecule has 1 N–H and O–H groups in total. The predicted octanol–water partition coefficient (Wildman–Crippen LogP) is 2.13. The van der Waals surface area contributed by atoms with Gasteiger partial charge in [-0.05, 0) is 6.07 Å². The van der Waals surface area contributed by atoms with E-state index in [1.165, 1.54) is 6.33 Å². The molecule has 2 aromatic heterocycles. The fraction of sp³-hybridized carbons (Fsp3) is 0.429. The van der Waals surface area contributed by atoms with E-state index in [0.717, 1.165) is 10.4 Å². The molecule has 0 unspecified atom stereocenters. The Hall–Kier alpha value is -2.24. The standard InChI is InChI=1S/C14H18N4O2/c1-8(2)13(19)18(14(20)9(3)4)12-11-10(5-6-15-12)16-7-17-11/h5-9H,1-4H3,(H,16,17). The van der Waals surface area contributed by atoms with Crippen LogP contribution in [0.3, 0.4) is 0 Å². The Morgan fingerprint density at radius 3 is 2.25 bits per heavy atom. The Morgan fingerprint density at radius 1 is 1.10 bits per heavy atom. The third-order valence-electron chi connectivity index (χ3n) is 2.96. The molecule has 0 aliphatic rings. The fourth-order valence-electron chi connectivity index (χ4n) is 1.85. The summed E-state index contributed by atoms with van der Waals surface area (Å²) in [6.45, 7) is 7.03. The maximum absolute atomic E-state index is 12.4. The summed E-state index contributed by atoms with van der Waals surface area (Å²) in [5.41, 5.74) is 1.27. The van der Waals surface area contributed by atoms with Crippen LogP contribution in [0.25, 0.3) is 11.0 Å². The van der Waals surface area contributed by atoms with Gasteiger partial charge >= 0.3 is 0 Å². The molecule has 2 aromatic rings. The van der Waals surface area contributed by atoms with Crippen molar-refractivity contribution in [1.82, 2.24) is 15.0 Å². The van der Waals surface area contributed by atoms with Crippen LogP contribution < -0.4 is 4.90 Å². The van der Waals surface area contributed by atoms with E-state index in [0.29, 0.717) is 11.3 Å². The number of pyridine rings is 1. The molecule has 20 heavy (non-hydrogen) atoms. The van der Waals surface area contributed by atoms with Gasteiger partial charge in [-0.1, -0.05) is 27.7 Å². The summed E-state index contributed by atoms with van der Waals surface area (Å²) in [7, 11) is 0. The van der Waals surface area contributed by atoms with Crippen molar-refractivity contribution < 1.29 is 9.59 Å². The smallest absolute Gasteiger partial charge is 0.237 e. The first kappa shape index (κ1) is 14.2. The molecule has 0 aromatic carbocycles. The molecule has 0 atom stereocenters. The second-order valence-corrected chi connectivity index (χ2v) is 5.25. The molecule has 0 aliphatic heterocycles. The highest BCUT2D eigenvalue weighted by Gasteiger charge is 2.30. The van der Waals surface area contributed by atoms with Crippen LogP contribution in [0.2, 0.25) is 0 Å². The average molecular weight is 274 g/mol. The summed E-state index contributed by atoms with van der Waals surface area (Å²) in [6, 6.07) is 1.75. The Bertz CT molecular complexity index is 625. The van der Waals surface area contributed by atoms with Gasteiger partial charge in [-0.2, -0.15) is 0 Å². The second kappa shape index (κ2) is 5.40. The summed E-state index contributed by atoms with van der Waals surface area (Å²) < 4.78 is 0. The fourth-order valence-corrected chi connectivity index (χ4v) is 1.85. The number of nitrogens with zero attached hydrogens (tertiary/aromatic N) is 3. The van der Waals surface area contributed by atoms with E-state index >= 15 is 0 Å². The molecule has 0 fully saturated rings. The minimum Gasteiger partial charge on any atom is -0.344 e. The molecule has 0 saturated heterocycles. The van der Waals surface area contributed by atoms with Crippen molar-refractivity contribution in [1.29, 1.82) is 0 Å². The predicted molar refractivity (Wildman–Crippen MR) is 76.1 cm³/mol. The number of imidazole rings is 1. The van der Waals surface area contributed by atoms with Crippen LogP contribution in [0.5, 0.6) is 0 Å². The highest BCUT2D eigenvalue weighted by molar-refractivity contribution is 6.18. The van der Waals surface area contributed by atoms with Crippen LogP contribution in [-0.4, -0.2) is 26.8 Å². The van der Waals surface area contributed by atoms with Crippen molar-refractivity contribution in [2.75, 3.05) is 4.90 Å². The monoisotopic (exact) mass is 274 g/mol. The van der Waals surface area contributed by atoms with E-state index in [4.69, 9.17) is 0 Å². The number of aromatic nitrogens is 3. The van der Waals surface area contributed by atoms with Crippen LogP contribution in [0.15, 0.2) is 18.6 Å². The Kier molecular flexibility index (Phi) is 3.83. The molecule has 2 rings (SSSR count). The van der Waals surface area contributed by atoms with Crippen molar-refractivity contribution in [3.63, 3.8) is 0 Å². The maximum atomic E-state index is 12.4. The molecule has 2 amide bonds. The third-order valence-corrected chi connectivity index (χ3v) is 2.96. The first-order valence-electron chi connectivity index (χ1n) is 6.59. The van der Waals surface area contributed by atoms with Gasteiger partial charge in [0.05, 0.1) is 11.8 Å². The molecule has 2 heterocycles. The molecular formula is C14H18N4O2. The molecule has 0 radical (unpaired) electrons. The first-order chi connectivity index (χ1) is 9.43. The lowest BCUT2D eigenvalue weighted by molar-refractivity contribution is -0.129. The number of carbonyl (C=O) groups excluding carboxylic acids is 2. The van der Waals surface area contributed by atoms with Gasteiger partial charge in [0.2, 0.25) is 11.8 Å². The summed E-state index contributed by atoms with van der Waals surface area (Å²) in [6.07, 6.45) is 3.08. The van der Waals surface area contributed by atoms with Crippen LogP contribution in [0.1, 0.15) is 27.7 Å². The van der Waals surface area contributed by atoms with Crippen LogP contribution in [-0.2, 0) is 9.59 Å². The SMILES string of the molecule is CC(C)C(=O)N(C(=O)C(C)C)c1nccc2[nH]cnc12. The number of amides is 2. The minimum absolute atomic E-state index is 0.272. The Labute approximate surface area is 117 Å². The van der Waals surface area contributed by atoms with E-state index in [1.54, 1.807) is 40.0 Å². The van der Waals surface area contributed by atoms with Crippen molar-refractivity contribution >= 4 is 28.7 Å². The molecule has 6 heteroatoms. The van der Waals surface area contributed by atoms with E-state index in [1.807, 2.05) is 0 Å². The van der Waals surface area contributed by atoms with Gasteiger partial charge in [-0.3, -0.25) is 9.59 Å². The molecule has 6 nitrogen and oxygen atoms in total. The minimum atomic E-state index is -0.298. The highest BCUT2D eigenvalue weighted by Crippen LogP contribution is 2.24. The maximum Gasteiger partial charge on any atom is 0.237 e. The number of hydrogen-bond acceptors (Lipinski definition) is 4. The third kappa shape index (κ3) is 2.41. The number of imide groups is 1. The number of hydrogen-bond donors (Lipinski definition) is 1. The molecule has 0 saturated carbocycles. The summed E-state index contributed by atoms with van der Waals surface area (Å²) in [5, 5.41) is 0.